The summed E-state index contributed by atoms with van der Waals surface area (Å²) >= 11 is 5.87. The van der Waals surface area contributed by atoms with Gasteiger partial charge in [0, 0.05) is 16.7 Å². The summed E-state index contributed by atoms with van der Waals surface area (Å²) in [4.78, 5) is 11.7. The highest BCUT2D eigenvalue weighted by Crippen LogP contribution is 2.40. The standard InChI is InChI=1S/C16H17ClN2O2/c1-10-7-12(17)5-6-15(10)21-9-16(20)19-18-14-8-11-3-2-4-13(11)14/h2-3,5-7,11,13H,4,8-9H2,1H3,(H,19,20)/b18-14+/t11-,13-/m1/s1. The Balaban J connectivity index is 1.47. The summed E-state index contributed by atoms with van der Waals surface area (Å²) in [5.41, 5.74) is 4.56. The molecule has 0 saturated heterocycles. The maximum atomic E-state index is 11.7. The summed E-state index contributed by atoms with van der Waals surface area (Å²) in [6, 6.07) is 5.30. The van der Waals surface area contributed by atoms with E-state index >= 15 is 0 Å². The third-order valence-corrected chi connectivity index (χ3v) is 4.22. The number of halogens is 1. The van der Waals surface area contributed by atoms with E-state index in [9.17, 15) is 4.79 Å². The van der Waals surface area contributed by atoms with Gasteiger partial charge < -0.3 is 4.74 Å². The van der Waals surface area contributed by atoms with Gasteiger partial charge in [0.05, 0.1) is 0 Å². The van der Waals surface area contributed by atoms with Crippen molar-refractivity contribution in [3.63, 3.8) is 0 Å². The highest BCUT2D eigenvalue weighted by atomic mass is 35.5. The lowest BCUT2D eigenvalue weighted by Crippen LogP contribution is -2.36. The van der Waals surface area contributed by atoms with Crippen LogP contribution in [0.5, 0.6) is 5.75 Å². The number of amides is 1. The number of ether oxygens (including phenoxy) is 1. The van der Waals surface area contributed by atoms with Gasteiger partial charge in [-0.3, -0.25) is 4.79 Å². The fraction of sp³-hybridized carbons (Fsp3) is 0.375. The van der Waals surface area contributed by atoms with Crippen LogP contribution in [0.1, 0.15) is 18.4 Å². The summed E-state index contributed by atoms with van der Waals surface area (Å²) in [7, 11) is 0. The van der Waals surface area contributed by atoms with E-state index in [1.807, 2.05) is 6.92 Å². The number of carbonyl (C=O) groups excluding carboxylic acids is 1. The van der Waals surface area contributed by atoms with Crippen LogP contribution in [0.15, 0.2) is 35.5 Å². The van der Waals surface area contributed by atoms with Gasteiger partial charge in [0.15, 0.2) is 6.61 Å². The van der Waals surface area contributed by atoms with Gasteiger partial charge in [0.2, 0.25) is 0 Å². The average Bonchev–Trinajstić information content (AvgIpc) is 2.79. The molecule has 1 amide bonds. The molecule has 0 aliphatic heterocycles. The Morgan fingerprint density at radius 1 is 1.52 bits per heavy atom. The van der Waals surface area contributed by atoms with Crippen molar-refractivity contribution in [1.82, 2.24) is 5.43 Å². The van der Waals surface area contributed by atoms with E-state index in [0.717, 1.165) is 24.1 Å². The van der Waals surface area contributed by atoms with Crippen molar-refractivity contribution in [3.8, 4) is 5.75 Å². The average molecular weight is 305 g/mol. The molecule has 1 N–H and O–H groups in total. The molecule has 4 nitrogen and oxygen atoms in total. The molecule has 0 heterocycles. The normalized spacial score (nSPS) is 24.6. The fourth-order valence-corrected chi connectivity index (χ4v) is 2.97. The number of hydrazone groups is 1. The van der Waals surface area contributed by atoms with Gasteiger partial charge in [-0.05, 0) is 49.4 Å². The van der Waals surface area contributed by atoms with Crippen LogP contribution in [0.4, 0.5) is 0 Å². The largest absolute Gasteiger partial charge is 0.483 e. The van der Waals surface area contributed by atoms with Gasteiger partial charge >= 0.3 is 0 Å². The van der Waals surface area contributed by atoms with Crippen molar-refractivity contribution in [2.45, 2.75) is 19.8 Å². The second kappa shape index (κ2) is 5.90. The van der Waals surface area contributed by atoms with Gasteiger partial charge in [0.1, 0.15) is 5.75 Å². The Morgan fingerprint density at radius 2 is 2.38 bits per heavy atom. The topological polar surface area (TPSA) is 50.7 Å². The lowest BCUT2D eigenvalue weighted by molar-refractivity contribution is -0.123. The molecule has 0 spiro atoms. The minimum absolute atomic E-state index is 0.0500. The molecule has 21 heavy (non-hydrogen) atoms. The number of benzene rings is 1. The monoisotopic (exact) mass is 304 g/mol. The first-order chi connectivity index (χ1) is 10.1. The van der Waals surface area contributed by atoms with Gasteiger partial charge in [-0.2, -0.15) is 5.10 Å². The SMILES string of the molecule is Cc1cc(Cl)ccc1OCC(=O)N/N=C1\C[C@H]2C=CC[C@@H]12. The molecule has 0 radical (unpaired) electrons. The minimum Gasteiger partial charge on any atom is -0.483 e. The number of rotatable bonds is 4. The van der Waals surface area contributed by atoms with Gasteiger partial charge in [-0.25, -0.2) is 5.43 Å². The fourth-order valence-electron chi connectivity index (χ4n) is 2.75. The Kier molecular flexibility index (Phi) is 3.97. The Hall–Kier alpha value is -1.81. The first kappa shape index (κ1) is 14.1. The third kappa shape index (κ3) is 3.10. The third-order valence-electron chi connectivity index (χ3n) is 3.98. The smallest absolute Gasteiger partial charge is 0.277 e. The molecule has 1 aromatic rings. The van der Waals surface area contributed by atoms with Crippen LogP contribution in [0.25, 0.3) is 0 Å². The molecule has 1 fully saturated rings. The predicted molar refractivity (Wildman–Crippen MR) is 82.6 cm³/mol. The van der Waals surface area contributed by atoms with Crippen LogP contribution >= 0.6 is 11.6 Å². The Bertz CT molecular complexity index is 625. The molecule has 110 valence electrons. The first-order valence-electron chi connectivity index (χ1n) is 7.04. The highest BCUT2D eigenvalue weighted by molar-refractivity contribution is 6.30. The van der Waals surface area contributed by atoms with E-state index in [0.29, 0.717) is 22.6 Å². The van der Waals surface area contributed by atoms with Crippen molar-refractivity contribution in [3.05, 3.63) is 40.9 Å². The van der Waals surface area contributed by atoms with E-state index in [1.165, 1.54) is 0 Å². The summed E-state index contributed by atoms with van der Waals surface area (Å²) in [6.07, 6.45) is 6.42. The number of nitrogens with zero attached hydrogens (tertiary/aromatic N) is 1. The molecule has 2 aliphatic carbocycles. The number of hydrogen-bond donors (Lipinski definition) is 1. The van der Waals surface area contributed by atoms with Crippen molar-refractivity contribution in [2.24, 2.45) is 16.9 Å². The molecular formula is C16H17ClN2O2. The van der Waals surface area contributed by atoms with E-state index in [4.69, 9.17) is 16.3 Å². The molecule has 0 unspecified atom stereocenters. The number of nitrogens with one attached hydrogen (secondary N) is 1. The van der Waals surface area contributed by atoms with Gasteiger partial charge in [-0.15, -0.1) is 0 Å². The van der Waals surface area contributed by atoms with Crippen LogP contribution in [-0.2, 0) is 4.79 Å². The van der Waals surface area contributed by atoms with Crippen LogP contribution < -0.4 is 10.2 Å². The van der Waals surface area contributed by atoms with E-state index in [2.05, 4.69) is 22.7 Å². The highest BCUT2D eigenvalue weighted by Gasteiger charge is 2.37. The second-order valence-corrected chi connectivity index (χ2v) is 5.91. The van der Waals surface area contributed by atoms with Crippen LogP contribution in [0, 0.1) is 18.8 Å². The second-order valence-electron chi connectivity index (χ2n) is 5.47. The summed E-state index contributed by atoms with van der Waals surface area (Å²) in [5.74, 6) is 1.55. The maximum absolute atomic E-state index is 11.7. The molecule has 1 aromatic carbocycles. The zero-order chi connectivity index (χ0) is 14.8. The summed E-state index contributed by atoms with van der Waals surface area (Å²) in [5, 5.41) is 4.85. The molecule has 3 rings (SSSR count). The minimum atomic E-state index is -0.244. The van der Waals surface area contributed by atoms with Crippen LogP contribution in [-0.4, -0.2) is 18.2 Å². The van der Waals surface area contributed by atoms with Gasteiger partial charge in [0.25, 0.3) is 5.91 Å². The van der Waals surface area contributed by atoms with E-state index < -0.39 is 0 Å². The van der Waals surface area contributed by atoms with Crippen molar-refractivity contribution in [1.29, 1.82) is 0 Å². The van der Waals surface area contributed by atoms with E-state index in [-0.39, 0.29) is 12.5 Å². The predicted octanol–water partition coefficient (Wildman–Crippen LogP) is 3.10. The van der Waals surface area contributed by atoms with Crippen molar-refractivity contribution in [2.75, 3.05) is 6.61 Å². The number of allylic oxidation sites excluding steroid dienone is 2. The lowest BCUT2D eigenvalue weighted by Gasteiger charge is -2.31. The number of hydrogen-bond acceptors (Lipinski definition) is 3. The Morgan fingerprint density at radius 3 is 3.14 bits per heavy atom. The molecule has 1 saturated carbocycles. The van der Waals surface area contributed by atoms with Crippen molar-refractivity contribution < 1.29 is 9.53 Å². The number of carbonyl (C=O) groups is 1. The number of fused-ring (bicyclic) bond motifs is 1. The summed E-state index contributed by atoms with van der Waals surface area (Å²) in [6.45, 7) is 1.84. The van der Waals surface area contributed by atoms with Crippen molar-refractivity contribution >= 4 is 23.2 Å². The zero-order valence-corrected chi connectivity index (χ0v) is 12.6. The van der Waals surface area contributed by atoms with Crippen LogP contribution in [0.2, 0.25) is 5.02 Å². The zero-order valence-electron chi connectivity index (χ0n) is 11.8. The first-order valence-corrected chi connectivity index (χ1v) is 7.42. The number of aryl methyl sites for hydroxylation is 1. The molecule has 2 aliphatic rings. The molecule has 0 bridgehead atoms. The van der Waals surface area contributed by atoms with E-state index in [1.54, 1.807) is 18.2 Å². The maximum Gasteiger partial charge on any atom is 0.277 e. The molecular weight excluding hydrogens is 288 g/mol. The van der Waals surface area contributed by atoms with Crippen LogP contribution in [0.3, 0.4) is 0 Å². The molecule has 5 heteroatoms. The Labute approximate surface area is 128 Å². The quantitative estimate of drug-likeness (QED) is 0.686. The lowest BCUT2D eigenvalue weighted by atomic mass is 9.74. The van der Waals surface area contributed by atoms with Gasteiger partial charge in [-0.1, -0.05) is 23.8 Å². The molecule has 2 atom stereocenters. The summed E-state index contributed by atoms with van der Waals surface area (Å²) < 4.78 is 5.47. The molecule has 0 aromatic heterocycles.